The van der Waals surface area contributed by atoms with Gasteiger partial charge in [0.1, 0.15) is 5.82 Å². The van der Waals surface area contributed by atoms with Crippen LogP contribution in [0.5, 0.6) is 0 Å². The van der Waals surface area contributed by atoms with Gasteiger partial charge < -0.3 is 4.98 Å². The van der Waals surface area contributed by atoms with Gasteiger partial charge in [-0.2, -0.15) is 8.42 Å². The maximum Gasteiger partial charge on any atom is 0.294 e. The van der Waals surface area contributed by atoms with Crippen molar-refractivity contribution in [3.8, 4) is 0 Å². The van der Waals surface area contributed by atoms with Gasteiger partial charge in [-0.3, -0.25) is 14.1 Å². The predicted molar refractivity (Wildman–Crippen MR) is 112 cm³/mol. The molecule has 1 aliphatic rings. The Kier molecular flexibility index (Phi) is 6.28. The van der Waals surface area contributed by atoms with E-state index in [1.54, 1.807) is 18.2 Å². The van der Waals surface area contributed by atoms with Crippen LogP contribution in [0, 0.1) is 6.92 Å². The average Bonchev–Trinajstić information content (AvgIpc) is 3.15. The highest BCUT2D eigenvalue weighted by Crippen LogP contribution is 2.28. The molecule has 7 nitrogen and oxygen atoms in total. The molecule has 1 heterocycles. The molecular weight excluding hydrogens is 404 g/mol. The molecule has 8 heteroatoms. The molecule has 156 valence electrons. The van der Waals surface area contributed by atoms with E-state index >= 15 is 0 Å². The SMILES string of the molecule is CCCCc1cnc(C)[nH]1.O=C1c2ccccc2C(=O)c2cc(S(=O)(=O)O)ccc21. The molecule has 0 fully saturated rings. The number of aromatic amines is 1. The van der Waals surface area contributed by atoms with E-state index in [1.165, 1.54) is 30.7 Å². The van der Waals surface area contributed by atoms with Crippen LogP contribution in [0.1, 0.15) is 63.1 Å². The lowest BCUT2D eigenvalue weighted by Crippen LogP contribution is -2.21. The van der Waals surface area contributed by atoms with Gasteiger partial charge in [-0.05, 0) is 38.0 Å². The third-order valence-electron chi connectivity index (χ3n) is 4.75. The van der Waals surface area contributed by atoms with Crippen molar-refractivity contribution in [3.63, 3.8) is 0 Å². The molecule has 0 bridgehead atoms. The number of aryl methyl sites for hydroxylation is 2. The summed E-state index contributed by atoms with van der Waals surface area (Å²) in [5.74, 6) is 0.254. The van der Waals surface area contributed by atoms with Crippen molar-refractivity contribution in [3.05, 3.63) is 82.4 Å². The highest BCUT2D eigenvalue weighted by molar-refractivity contribution is 7.85. The maximum atomic E-state index is 12.3. The number of aromatic nitrogens is 2. The van der Waals surface area contributed by atoms with Crippen molar-refractivity contribution >= 4 is 21.7 Å². The van der Waals surface area contributed by atoms with Crippen molar-refractivity contribution in [1.29, 1.82) is 0 Å². The number of hydrogen-bond donors (Lipinski definition) is 2. The minimum atomic E-state index is -4.42. The predicted octanol–water partition coefficient (Wildman–Crippen LogP) is 3.77. The van der Waals surface area contributed by atoms with Crippen molar-refractivity contribution in [2.75, 3.05) is 0 Å². The second kappa shape index (κ2) is 8.73. The first-order chi connectivity index (χ1) is 14.2. The smallest absolute Gasteiger partial charge is 0.294 e. The molecule has 0 unspecified atom stereocenters. The Balaban J connectivity index is 0.000000216. The lowest BCUT2D eigenvalue weighted by molar-refractivity contribution is 0.0979. The molecule has 0 radical (unpaired) electrons. The molecule has 1 aliphatic carbocycles. The zero-order valence-corrected chi connectivity index (χ0v) is 17.5. The van der Waals surface area contributed by atoms with E-state index in [0.29, 0.717) is 5.56 Å². The van der Waals surface area contributed by atoms with E-state index in [1.807, 2.05) is 13.1 Å². The number of H-pyrrole nitrogens is 1. The fraction of sp³-hybridized carbons (Fsp3) is 0.227. The normalized spacial score (nSPS) is 12.6. The van der Waals surface area contributed by atoms with Crippen LogP contribution in [-0.2, 0) is 16.5 Å². The molecule has 0 amide bonds. The van der Waals surface area contributed by atoms with E-state index in [2.05, 4.69) is 16.9 Å². The summed E-state index contributed by atoms with van der Waals surface area (Å²) in [6, 6.07) is 9.72. The van der Waals surface area contributed by atoms with E-state index in [-0.39, 0.29) is 22.5 Å². The minimum absolute atomic E-state index is 0.0103. The van der Waals surface area contributed by atoms with E-state index in [4.69, 9.17) is 4.55 Å². The molecule has 0 aliphatic heterocycles. The first-order valence-corrected chi connectivity index (χ1v) is 11.0. The highest BCUT2D eigenvalue weighted by atomic mass is 32.2. The van der Waals surface area contributed by atoms with Crippen molar-refractivity contribution in [1.82, 2.24) is 9.97 Å². The zero-order chi connectivity index (χ0) is 21.9. The van der Waals surface area contributed by atoms with Crippen LogP contribution in [0.15, 0.2) is 53.6 Å². The molecule has 2 aromatic carbocycles. The van der Waals surface area contributed by atoms with Crippen LogP contribution in [0.3, 0.4) is 0 Å². The third-order valence-corrected chi connectivity index (χ3v) is 5.60. The number of unbranched alkanes of at least 4 members (excludes halogenated alkanes) is 1. The Morgan fingerprint density at radius 1 is 0.967 bits per heavy atom. The topological polar surface area (TPSA) is 117 Å². The monoisotopic (exact) mass is 426 g/mol. The number of imidazole rings is 1. The number of nitrogens with one attached hydrogen (secondary N) is 1. The Morgan fingerprint density at radius 2 is 1.57 bits per heavy atom. The molecule has 0 atom stereocenters. The van der Waals surface area contributed by atoms with Gasteiger partial charge in [0.2, 0.25) is 0 Å². The Bertz CT molecular complexity index is 1210. The third kappa shape index (κ3) is 4.55. The van der Waals surface area contributed by atoms with Crippen LogP contribution >= 0.6 is 0 Å². The van der Waals surface area contributed by atoms with Gasteiger partial charge in [0.15, 0.2) is 11.6 Å². The van der Waals surface area contributed by atoms with E-state index < -0.39 is 20.8 Å². The lowest BCUT2D eigenvalue weighted by atomic mass is 9.84. The Morgan fingerprint density at radius 3 is 2.10 bits per heavy atom. The number of hydrogen-bond acceptors (Lipinski definition) is 5. The zero-order valence-electron chi connectivity index (χ0n) is 16.7. The first-order valence-electron chi connectivity index (χ1n) is 9.52. The summed E-state index contributed by atoms with van der Waals surface area (Å²) in [6.45, 7) is 4.18. The van der Waals surface area contributed by atoms with Crippen LogP contribution < -0.4 is 0 Å². The Hall–Kier alpha value is -3.10. The quantitative estimate of drug-likeness (QED) is 0.480. The van der Waals surface area contributed by atoms with Crippen LogP contribution in [0.25, 0.3) is 0 Å². The van der Waals surface area contributed by atoms with Gasteiger partial charge >= 0.3 is 0 Å². The summed E-state index contributed by atoms with van der Waals surface area (Å²) in [6.07, 6.45) is 5.56. The van der Waals surface area contributed by atoms with E-state index in [9.17, 15) is 18.0 Å². The molecular formula is C22H22N2O5S. The van der Waals surface area contributed by atoms with Gasteiger partial charge in [-0.15, -0.1) is 0 Å². The first kappa shape index (κ1) is 21.6. The fourth-order valence-electron chi connectivity index (χ4n) is 3.20. The van der Waals surface area contributed by atoms with Gasteiger partial charge in [-0.1, -0.05) is 37.6 Å². The number of fused-ring (bicyclic) bond motifs is 2. The molecule has 2 N–H and O–H groups in total. The molecule has 0 saturated heterocycles. The molecule has 3 aromatic rings. The summed E-state index contributed by atoms with van der Waals surface area (Å²) < 4.78 is 31.2. The number of benzene rings is 2. The largest absolute Gasteiger partial charge is 0.346 e. The molecule has 0 spiro atoms. The van der Waals surface area contributed by atoms with Crippen molar-refractivity contribution < 1.29 is 22.6 Å². The number of rotatable bonds is 4. The minimum Gasteiger partial charge on any atom is -0.346 e. The molecule has 30 heavy (non-hydrogen) atoms. The van der Waals surface area contributed by atoms with Crippen LogP contribution in [0.2, 0.25) is 0 Å². The highest BCUT2D eigenvalue weighted by Gasteiger charge is 2.30. The van der Waals surface area contributed by atoms with Crippen molar-refractivity contribution in [2.45, 2.75) is 38.0 Å². The van der Waals surface area contributed by atoms with Crippen molar-refractivity contribution in [2.24, 2.45) is 0 Å². The summed E-state index contributed by atoms with van der Waals surface area (Å²) in [5.41, 5.74) is 1.92. The number of carbonyl (C=O) groups excluding carboxylic acids is 2. The van der Waals surface area contributed by atoms with Gasteiger partial charge in [0, 0.05) is 34.1 Å². The number of carbonyl (C=O) groups is 2. The summed E-state index contributed by atoms with van der Waals surface area (Å²) in [5, 5.41) is 0. The van der Waals surface area contributed by atoms with Gasteiger partial charge in [0.05, 0.1) is 4.90 Å². The standard InChI is InChI=1S/C14H8O5S.C8H14N2/c15-13-9-3-1-2-4-10(9)14(16)12-7-8(20(17,18)19)5-6-11(12)13;1-3-4-5-8-6-9-7(2)10-8/h1-7H,(H,17,18,19);6H,3-5H2,1-2H3,(H,9,10). The second-order valence-corrected chi connectivity index (χ2v) is 8.41. The Labute approximate surface area is 174 Å². The number of nitrogens with zero attached hydrogens (tertiary/aromatic N) is 1. The molecule has 0 saturated carbocycles. The summed E-state index contributed by atoms with van der Waals surface area (Å²) >= 11 is 0. The van der Waals surface area contributed by atoms with Crippen LogP contribution in [-0.4, -0.2) is 34.5 Å². The maximum absolute atomic E-state index is 12.3. The van der Waals surface area contributed by atoms with Gasteiger partial charge in [0.25, 0.3) is 10.1 Å². The van der Waals surface area contributed by atoms with Gasteiger partial charge in [-0.25, -0.2) is 4.98 Å². The molecule has 1 aromatic heterocycles. The summed E-state index contributed by atoms with van der Waals surface area (Å²) in [7, 11) is -4.42. The van der Waals surface area contributed by atoms with Crippen LogP contribution in [0.4, 0.5) is 0 Å². The second-order valence-electron chi connectivity index (χ2n) is 6.98. The lowest BCUT2D eigenvalue weighted by Gasteiger charge is -2.17. The summed E-state index contributed by atoms with van der Waals surface area (Å²) in [4.78, 5) is 31.5. The molecule has 4 rings (SSSR count). The number of ketones is 2. The average molecular weight is 426 g/mol. The fourth-order valence-corrected chi connectivity index (χ4v) is 3.71. The van der Waals surface area contributed by atoms with E-state index in [0.717, 1.165) is 24.4 Å².